The Balaban J connectivity index is 1.86. The van der Waals surface area contributed by atoms with Gasteiger partial charge in [0.2, 0.25) is 0 Å². The van der Waals surface area contributed by atoms with Crippen LogP contribution in [0.3, 0.4) is 0 Å². The molecule has 0 atom stereocenters. The summed E-state index contributed by atoms with van der Waals surface area (Å²) in [5.41, 5.74) is 1.03. The second-order valence-corrected chi connectivity index (χ2v) is 7.85. The molecule has 184 valence electrons. The van der Waals surface area contributed by atoms with E-state index in [0.717, 1.165) is 18.6 Å². The monoisotopic (exact) mass is 493 g/mol. The Morgan fingerprint density at radius 2 is 1.75 bits per heavy atom. The van der Waals surface area contributed by atoms with Gasteiger partial charge in [0.1, 0.15) is 29.1 Å². The Labute approximate surface area is 204 Å². The van der Waals surface area contributed by atoms with Crippen molar-refractivity contribution in [1.29, 1.82) is 0 Å². The number of fused-ring (bicyclic) bond motifs is 1. The van der Waals surface area contributed by atoms with Crippen molar-refractivity contribution in [2.24, 2.45) is 0 Å². The van der Waals surface area contributed by atoms with E-state index in [1.54, 1.807) is 24.3 Å². The molecule has 3 N–H and O–H groups in total. The molecule has 0 aliphatic rings. The fourth-order valence-electron chi connectivity index (χ4n) is 3.56. The lowest BCUT2D eigenvalue weighted by Gasteiger charge is -2.14. The minimum atomic E-state index is -1.28. The van der Waals surface area contributed by atoms with Gasteiger partial charge in [-0.1, -0.05) is 19.1 Å². The van der Waals surface area contributed by atoms with Crippen LogP contribution in [0.4, 0.5) is 8.78 Å². The van der Waals surface area contributed by atoms with E-state index in [1.807, 2.05) is 6.92 Å². The maximum Gasteiger partial charge on any atom is 0.322 e. The zero-order valence-electron chi connectivity index (χ0n) is 19.1. The summed E-state index contributed by atoms with van der Waals surface area (Å²) in [7, 11) is 0. The maximum atomic E-state index is 13.8. The summed E-state index contributed by atoms with van der Waals surface area (Å²) < 4.78 is 32.7. The lowest BCUT2D eigenvalue weighted by Crippen LogP contribution is -2.29. The molecule has 1 aromatic heterocycles. The average Bonchev–Trinajstić information content (AvgIpc) is 2.87. The van der Waals surface area contributed by atoms with Gasteiger partial charge in [-0.2, -0.15) is 0 Å². The number of carboxylic acids is 1. The van der Waals surface area contributed by atoms with Gasteiger partial charge in [-0.25, -0.2) is 13.8 Å². The summed E-state index contributed by atoms with van der Waals surface area (Å²) >= 11 is 0. The zero-order chi connectivity index (χ0) is 25.8. The van der Waals surface area contributed by atoms with Gasteiger partial charge in [0, 0.05) is 11.1 Å². The number of ether oxygens (including phenoxy) is 1. The van der Waals surface area contributed by atoms with Crippen LogP contribution < -0.4 is 10.1 Å². The van der Waals surface area contributed by atoms with E-state index in [-0.39, 0.29) is 33.4 Å². The first-order chi connectivity index (χ1) is 17.3. The number of hydrogen-bond acceptors (Lipinski definition) is 6. The summed E-state index contributed by atoms with van der Waals surface area (Å²) in [5, 5.41) is 22.3. The minimum Gasteiger partial charge on any atom is -0.506 e. The molecule has 8 nitrogen and oxygen atoms in total. The van der Waals surface area contributed by atoms with Crippen molar-refractivity contribution in [2.45, 2.75) is 13.3 Å². The van der Waals surface area contributed by atoms with E-state index >= 15 is 0 Å². The SMILES string of the molecule is CCCOc1ccc(-c2cc3ncc(-c4ccc(F)c(F)c4)nc3c(C(=O)NCC(=O)O)c2O)cc1. The van der Waals surface area contributed by atoms with E-state index in [4.69, 9.17) is 9.84 Å². The molecule has 0 radical (unpaired) electrons. The molecule has 0 bridgehead atoms. The normalized spacial score (nSPS) is 10.9. The number of amides is 1. The summed E-state index contributed by atoms with van der Waals surface area (Å²) in [6, 6.07) is 11.5. The summed E-state index contributed by atoms with van der Waals surface area (Å²) in [4.78, 5) is 32.6. The average molecular weight is 493 g/mol. The van der Waals surface area contributed by atoms with Gasteiger partial charge in [0.25, 0.3) is 5.91 Å². The van der Waals surface area contributed by atoms with Gasteiger partial charge in [-0.05, 0) is 48.4 Å². The highest BCUT2D eigenvalue weighted by molar-refractivity contribution is 6.10. The standard InChI is InChI=1S/C26H21F2N3O5/c1-2-9-36-16-6-3-14(4-7-16)17-11-20-24(23(25(17)34)26(35)30-13-22(32)33)31-21(12-29-20)15-5-8-18(27)19(28)10-15/h3-8,10-12,34H,2,9,13H2,1H3,(H,30,35)(H,32,33). The number of carbonyl (C=O) groups is 2. The molecule has 0 aliphatic heterocycles. The van der Waals surface area contributed by atoms with Gasteiger partial charge < -0.3 is 20.3 Å². The number of benzene rings is 3. The molecular formula is C26H21F2N3O5. The highest BCUT2D eigenvalue weighted by atomic mass is 19.2. The van der Waals surface area contributed by atoms with Crippen LogP contribution in [-0.4, -0.2) is 45.2 Å². The second kappa shape index (κ2) is 10.3. The maximum absolute atomic E-state index is 13.8. The molecule has 1 amide bonds. The van der Waals surface area contributed by atoms with Crippen LogP contribution >= 0.6 is 0 Å². The van der Waals surface area contributed by atoms with Crippen molar-refractivity contribution >= 4 is 22.9 Å². The molecule has 0 unspecified atom stereocenters. The lowest BCUT2D eigenvalue weighted by atomic mass is 9.98. The van der Waals surface area contributed by atoms with Crippen molar-refractivity contribution in [3.05, 3.63) is 71.9 Å². The summed E-state index contributed by atoms with van der Waals surface area (Å²) in [6.07, 6.45) is 2.17. The number of carboxylic acid groups (broad SMARTS) is 1. The van der Waals surface area contributed by atoms with Crippen LogP contribution in [0.2, 0.25) is 0 Å². The summed E-state index contributed by atoms with van der Waals surface area (Å²) in [6.45, 7) is 1.84. The molecule has 4 aromatic rings. The first-order valence-corrected chi connectivity index (χ1v) is 11.0. The second-order valence-electron chi connectivity index (χ2n) is 7.85. The van der Waals surface area contributed by atoms with Gasteiger partial charge in [-0.3, -0.25) is 14.6 Å². The quantitative estimate of drug-likeness (QED) is 0.329. The van der Waals surface area contributed by atoms with E-state index in [1.165, 1.54) is 18.3 Å². The Morgan fingerprint density at radius 1 is 1.03 bits per heavy atom. The van der Waals surface area contributed by atoms with Gasteiger partial charge in [0.15, 0.2) is 11.6 Å². The number of nitrogens with zero attached hydrogens (tertiary/aromatic N) is 2. The van der Waals surface area contributed by atoms with Crippen LogP contribution in [0.25, 0.3) is 33.4 Å². The molecule has 4 rings (SSSR count). The highest BCUT2D eigenvalue weighted by Gasteiger charge is 2.23. The number of phenolic OH excluding ortho intramolecular Hbond substituents is 1. The van der Waals surface area contributed by atoms with E-state index in [9.17, 15) is 23.5 Å². The fourth-order valence-corrected chi connectivity index (χ4v) is 3.56. The molecule has 0 spiro atoms. The Morgan fingerprint density at radius 3 is 2.42 bits per heavy atom. The highest BCUT2D eigenvalue weighted by Crippen LogP contribution is 2.38. The lowest BCUT2D eigenvalue weighted by molar-refractivity contribution is -0.135. The van der Waals surface area contributed by atoms with Crippen molar-refractivity contribution in [1.82, 2.24) is 15.3 Å². The third-order valence-electron chi connectivity index (χ3n) is 5.29. The Kier molecular flexibility index (Phi) is 7.05. The fraction of sp³-hybridized carbons (Fsp3) is 0.154. The predicted molar refractivity (Wildman–Crippen MR) is 128 cm³/mol. The molecule has 0 fully saturated rings. The first-order valence-electron chi connectivity index (χ1n) is 11.0. The molecule has 10 heteroatoms. The number of phenols is 1. The number of aromatic nitrogens is 2. The molecule has 0 aliphatic carbocycles. The topological polar surface area (TPSA) is 122 Å². The molecule has 0 saturated heterocycles. The Hall–Kier alpha value is -4.60. The molecule has 3 aromatic carbocycles. The van der Waals surface area contributed by atoms with Gasteiger partial charge in [0.05, 0.1) is 24.0 Å². The van der Waals surface area contributed by atoms with Gasteiger partial charge >= 0.3 is 5.97 Å². The third-order valence-corrected chi connectivity index (χ3v) is 5.29. The number of halogens is 2. The number of carbonyl (C=O) groups excluding carboxylic acids is 1. The number of hydrogen-bond donors (Lipinski definition) is 3. The van der Waals surface area contributed by atoms with Crippen LogP contribution in [0, 0.1) is 11.6 Å². The molecule has 1 heterocycles. The van der Waals surface area contributed by atoms with Crippen molar-refractivity contribution in [3.63, 3.8) is 0 Å². The smallest absolute Gasteiger partial charge is 0.322 e. The number of aliphatic carboxylic acids is 1. The van der Waals surface area contributed by atoms with Crippen LogP contribution in [0.1, 0.15) is 23.7 Å². The predicted octanol–water partition coefficient (Wildman–Crippen LogP) is 4.55. The minimum absolute atomic E-state index is 0.0377. The summed E-state index contributed by atoms with van der Waals surface area (Å²) in [5.74, 6) is -4.09. The Bertz CT molecular complexity index is 1460. The van der Waals surface area contributed by atoms with E-state index < -0.39 is 35.8 Å². The number of rotatable bonds is 8. The third kappa shape index (κ3) is 5.07. The molecular weight excluding hydrogens is 472 g/mol. The van der Waals surface area contributed by atoms with Crippen LogP contribution in [-0.2, 0) is 4.79 Å². The van der Waals surface area contributed by atoms with Crippen molar-refractivity contribution in [3.8, 4) is 33.9 Å². The number of aromatic hydroxyl groups is 1. The van der Waals surface area contributed by atoms with Gasteiger partial charge in [-0.15, -0.1) is 0 Å². The van der Waals surface area contributed by atoms with Crippen LogP contribution in [0.5, 0.6) is 11.5 Å². The van der Waals surface area contributed by atoms with Crippen molar-refractivity contribution < 1.29 is 33.3 Å². The van der Waals surface area contributed by atoms with E-state index in [0.29, 0.717) is 17.9 Å². The van der Waals surface area contributed by atoms with Crippen molar-refractivity contribution in [2.75, 3.05) is 13.2 Å². The number of nitrogens with one attached hydrogen (secondary N) is 1. The van der Waals surface area contributed by atoms with E-state index in [2.05, 4.69) is 15.3 Å². The largest absolute Gasteiger partial charge is 0.506 e. The zero-order valence-corrected chi connectivity index (χ0v) is 19.1. The molecule has 36 heavy (non-hydrogen) atoms. The van der Waals surface area contributed by atoms with Crippen LogP contribution in [0.15, 0.2) is 54.7 Å². The first kappa shape index (κ1) is 24.5. The molecule has 0 saturated carbocycles.